The number of thioether (sulfide) groups is 1. The van der Waals surface area contributed by atoms with Crippen LogP contribution in [0.2, 0.25) is 0 Å². The second-order valence-electron chi connectivity index (χ2n) is 6.38. The molecular formula is C20H21N2S+. The summed E-state index contributed by atoms with van der Waals surface area (Å²) in [5.41, 5.74) is 8.20. The van der Waals surface area contributed by atoms with Crippen molar-refractivity contribution in [2.45, 2.75) is 38.2 Å². The van der Waals surface area contributed by atoms with Crippen molar-refractivity contribution >= 4 is 11.8 Å². The molecule has 0 saturated carbocycles. The lowest BCUT2D eigenvalue weighted by Crippen LogP contribution is -2.34. The molecule has 0 saturated heterocycles. The topological polar surface area (TPSA) is 8.81 Å². The first kappa shape index (κ1) is 14.6. The average molecular weight is 321 g/mol. The summed E-state index contributed by atoms with van der Waals surface area (Å²) in [5.74, 6) is 1.03. The molecule has 2 nitrogen and oxygen atoms in total. The van der Waals surface area contributed by atoms with Crippen LogP contribution in [0.4, 0.5) is 0 Å². The highest BCUT2D eigenvalue weighted by atomic mass is 32.2. The molecule has 0 bridgehead atoms. The van der Waals surface area contributed by atoms with Gasteiger partial charge in [0.2, 0.25) is 0 Å². The van der Waals surface area contributed by atoms with Gasteiger partial charge in [0, 0.05) is 5.75 Å². The standard InChI is InChI=1S/C20H21N2S/c1-14-10-15(2)19(16(3)11-14)22-9-8-21-12-17-6-4-5-7-18(17)13-23-20(21)22/h4-11H,12-13H2,1-3H3/q+1. The van der Waals surface area contributed by atoms with Crippen molar-refractivity contribution in [2.24, 2.45) is 0 Å². The molecule has 0 spiro atoms. The van der Waals surface area contributed by atoms with Crippen LogP contribution in [-0.2, 0) is 12.3 Å². The highest BCUT2D eigenvalue weighted by Crippen LogP contribution is 2.30. The molecule has 0 radical (unpaired) electrons. The van der Waals surface area contributed by atoms with Crippen LogP contribution in [0.15, 0.2) is 53.9 Å². The van der Waals surface area contributed by atoms with E-state index in [9.17, 15) is 0 Å². The van der Waals surface area contributed by atoms with Gasteiger partial charge < -0.3 is 0 Å². The predicted octanol–water partition coefficient (Wildman–Crippen LogP) is 4.34. The maximum absolute atomic E-state index is 2.37. The van der Waals surface area contributed by atoms with Crippen molar-refractivity contribution in [1.29, 1.82) is 0 Å². The number of hydrogen-bond acceptors (Lipinski definition) is 1. The van der Waals surface area contributed by atoms with Crippen molar-refractivity contribution in [1.82, 2.24) is 4.57 Å². The number of aromatic nitrogens is 2. The van der Waals surface area contributed by atoms with Gasteiger partial charge in [0.05, 0.1) is 0 Å². The number of imidazole rings is 1. The first-order valence-electron chi connectivity index (χ1n) is 8.02. The number of aryl methyl sites for hydroxylation is 3. The molecule has 4 rings (SSSR count). The Morgan fingerprint density at radius 2 is 1.70 bits per heavy atom. The molecule has 1 aliphatic rings. The maximum atomic E-state index is 2.37. The fourth-order valence-electron chi connectivity index (χ4n) is 3.59. The fourth-order valence-corrected chi connectivity index (χ4v) is 4.74. The summed E-state index contributed by atoms with van der Waals surface area (Å²) in [4.78, 5) is 0. The molecular weight excluding hydrogens is 300 g/mol. The third-order valence-corrected chi connectivity index (χ3v) is 5.68. The van der Waals surface area contributed by atoms with E-state index >= 15 is 0 Å². The van der Waals surface area contributed by atoms with E-state index < -0.39 is 0 Å². The Morgan fingerprint density at radius 3 is 2.43 bits per heavy atom. The molecule has 0 fully saturated rings. The lowest BCUT2D eigenvalue weighted by Gasteiger charge is -2.09. The molecule has 3 aromatic rings. The van der Waals surface area contributed by atoms with Gasteiger partial charge in [0.15, 0.2) is 0 Å². The normalized spacial score (nSPS) is 13.3. The molecule has 1 aromatic heterocycles. The maximum Gasteiger partial charge on any atom is 0.323 e. The van der Waals surface area contributed by atoms with Crippen LogP contribution >= 0.6 is 11.8 Å². The highest BCUT2D eigenvalue weighted by molar-refractivity contribution is 7.98. The van der Waals surface area contributed by atoms with E-state index in [4.69, 9.17) is 0 Å². The number of nitrogens with zero attached hydrogens (tertiary/aromatic N) is 2. The van der Waals surface area contributed by atoms with Crippen molar-refractivity contribution in [3.63, 3.8) is 0 Å². The summed E-state index contributed by atoms with van der Waals surface area (Å²) in [6.45, 7) is 7.54. The summed E-state index contributed by atoms with van der Waals surface area (Å²) < 4.78 is 4.73. The molecule has 2 heterocycles. The minimum atomic E-state index is 0.954. The zero-order valence-electron chi connectivity index (χ0n) is 13.8. The molecule has 0 unspecified atom stereocenters. The SMILES string of the molecule is Cc1cc(C)c(-n2cc[n+]3c2SCc2ccccc2C3)c(C)c1. The van der Waals surface area contributed by atoms with E-state index in [1.165, 1.54) is 38.7 Å². The van der Waals surface area contributed by atoms with Crippen LogP contribution in [0.3, 0.4) is 0 Å². The van der Waals surface area contributed by atoms with Crippen LogP contribution in [0.1, 0.15) is 27.8 Å². The summed E-state index contributed by atoms with van der Waals surface area (Å²) in [6, 6.07) is 13.3. The monoisotopic (exact) mass is 321 g/mol. The van der Waals surface area contributed by atoms with E-state index in [0.717, 1.165) is 12.3 Å². The number of fused-ring (bicyclic) bond motifs is 2. The highest BCUT2D eigenvalue weighted by Gasteiger charge is 2.25. The smallest absolute Gasteiger partial charge is 0.220 e. The van der Waals surface area contributed by atoms with Crippen molar-refractivity contribution < 1.29 is 4.57 Å². The largest absolute Gasteiger partial charge is 0.323 e. The molecule has 3 heteroatoms. The van der Waals surface area contributed by atoms with E-state index in [2.05, 4.69) is 78.7 Å². The summed E-state index contributed by atoms with van der Waals surface area (Å²) in [5, 5.41) is 1.32. The minimum Gasteiger partial charge on any atom is -0.220 e. The van der Waals surface area contributed by atoms with Gasteiger partial charge in [0.25, 0.3) is 0 Å². The number of hydrogen-bond donors (Lipinski definition) is 0. The molecule has 1 aliphatic heterocycles. The Bertz CT molecular complexity index is 869. The van der Waals surface area contributed by atoms with E-state index in [1.54, 1.807) is 0 Å². The Balaban J connectivity index is 1.84. The third-order valence-electron chi connectivity index (χ3n) is 4.54. The lowest BCUT2D eigenvalue weighted by molar-refractivity contribution is -0.724. The first-order chi connectivity index (χ1) is 11.1. The van der Waals surface area contributed by atoms with Crippen LogP contribution in [0.5, 0.6) is 0 Å². The minimum absolute atomic E-state index is 0.954. The Hall–Kier alpha value is -2.00. The zero-order valence-corrected chi connectivity index (χ0v) is 14.7. The van der Waals surface area contributed by atoms with E-state index in [-0.39, 0.29) is 0 Å². The van der Waals surface area contributed by atoms with Gasteiger partial charge in [-0.3, -0.25) is 0 Å². The molecule has 0 N–H and O–H groups in total. The predicted molar refractivity (Wildman–Crippen MR) is 95.3 cm³/mol. The van der Waals surface area contributed by atoms with Gasteiger partial charge in [-0.05, 0) is 54.8 Å². The average Bonchev–Trinajstić information content (AvgIpc) is 2.78. The van der Waals surface area contributed by atoms with Gasteiger partial charge in [-0.25, -0.2) is 4.57 Å². The molecule has 0 aliphatic carbocycles. The van der Waals surface area contributed by atoms with Crippen LogP contribution in [-0.4, -0.2) is 4.57 Å². The second kappa shape index (κ2) is 5.57. The van der Waals surface area contributed by atoms with Crippen molar-refractivity contribution in [3.05, 3.63) is 76.6 Å². The van der Waals surface area contributed by atoms with Crippen LogP contribution < -0.4 is 4.57 Å². The molecule has 2 aromatic carbocycles. The van der Waals surface area contributed by atoms with Crippen LogP contribution in [0.25, 0.3) is 5.69 Å². The summed E-state index contributed by atoms with van der Waals surface area (Å²) >= 11 is 1.93. The van der Waals surface area contributed by atoms with E-state index in [1.807, 2.05) is 11.8 Å². The quantitative estimate of drug-likeness (QED) is 0.606. The Morgan fingerprint density at radius 1 is 1.00 bits per heavy atom. The van der Waals surface area contributed by atoms with Gasteiger partial charge in [-0.2, -0.15) is 4.57 Å². The first-order valence-corrected chi connectivity index (χ1v) is 9.00. The molecule has 23 heavy (non-hydrogen) atoms. The Kier molecular flexibility index (Phi) is 3.53. The van der Waals surface area contributed by atoms with Crippen LogP contribution in [0, 0.1) is 20.8 Å². The molecule has 0 atom stereocenters. The summed E-state index contributed by atoms with van der Waals surface area (Å²) in [7, 11) is 0. The van der Waals surface area contributed by atoms with Gasteiger partial charge in [0.1, 0.15) is 24.6 Å². The van der Waals surface area contributed by atoms with Gasteiger partial charge >= 0.3 is 5.16 Å². The molecule has 0 amide bonds. The second-order valence-corrected chi connectivity index (χ2v) is 7.33. The van der Waals surface area contributed by atoms with E-state index in [0.29, 0.717) is 0 Å². The summed E-state index contributed by atoms with van der Waals surface area (Å²) in [6.07, 6.45) is 4.42. The lowest BCUT2D eigenvalue weighted by atomic mass is 10.1. The fraction of sp³-hybridized carbons (Fsp3) is 0.250. The number of rotatable bonds is 1. The van der Waals surface area contributed by atoms with Gasteiger partial charge in [-0.1, -0.05) is 42.0 Å². The number of benzene rings is 2. The van der Waals surface area contributed by atoms with Crippen molar-refractivity contribution in [3.8, 4) is 5.69 Å². The van der Waals surface area contributed by atoms with Gasteiger partial charge in [-0.15, -0.1) is 0 Å². The molecule has 116 valence electrons. The zero-order chi connectivity index (χ0) is 16.0. The third kappa shape index (κ3) is 2.49. The Labute approximate surface area is 141 Å². The van der Waals surface area contributed by atoms with Crippen molar-refractivity contribution in [2.75, 3.05) is 0 Å².